The lowest BCUT2D eigenvalue weighted by molar-refractivity contribution is -0.120. The molecule has 0 amide bonds. The lowest BCUT2D eigenvalue weighted by atomic mass is 10.0. The zero-order valence-electron chi connectivity index (χ0n) is 8.49. The van der Waals surface area contributed by atoms with Gasteiger partial charge in [0.15, 0.2) is 0 Å². The van der Waals surface area contributed by atoms with Crippen molar-refractivity contribution in [3.8, 4) is 0 Å². The van der Waals surface area contributed by atoms with Gasteiger partial charge < -0.3 is 0 Å². The summed E-state index contributed by atoms with van der Waals surface area (Å²) in [5.41, 5.74) is 2.45. The Hall–Kier alpha value is -1.18. The first-order valence-electron chi connectivity index (χ1n) is 5.19. The highest BCUT2D eigenvalue weighted by Crippen LogP contribution is 2.31. The van der Waals surface area contributed by atoms with E-state index >= 15 is 0 Å². The van der Waals surface area contributed by atoms with E-state index < -0.39 is 0 Å². The maximum Gasteiger partial charge on any atom is 0.136 e. The number of hydrogen-bond donors (Lipinski definition) is 0. The van der Waals surface area contributed by atoms with Crippen LogP contribution >= 0.6 is 0 Å². The number of pyridine rings is 1. The Balaban J connectivity index is 1.91. The fraction of sp³-hybridized carbons (Fsp3) is 0.500. The lowest BCUT2D eigenvalue weighted by Crippen LogP contribution is -2.03. The van der Waals surface area contributed by atoms with E-state index in [1.165, 1.54) is 11.1 Å². The van der Waals surface area contributed by atoms with E-state index in [2.05, 4.69) is 11.9 Å². The minimum absolute atomic E-state index is 0.395. The van der Waals surface area contributed by atoms with E-state index in [1.807, 2.05) is 12.3 Å². The first-order chi connectivity index (χ1) is 6.77. The SMILES string of the molecule is Cc1ccncc1CCC(=O)C1CC1. The Labute approximate surface area is 84.4 Å². The molecular weight excluding hydrogens is 174 g/mol. The molecule has 0 unspecified atom stereocenters. The average Bonchev–Trinajstić information content (AvgIpc) is 2.99. The second-order valence-corrected chi connectivity index (χ2v) is 4.04. The van der Waals surface area contributed by atoms with Crippen LogP contribution in [0.4, 0.5) is 0 Å². The van der Waals surface area contributed by atoms with Crippen LogP contribution in [0, 0.1) is 12.8 Å². The van der Waals surface area contributed by atoms with Crippen LogP contribution in [0.1, 0.15) is 30.4 Å². The third-order valence-electron chi connectivity index (χ3n) is 2.82. The van der Waals surface area contributed by atoms with Gasteiger partial charge in [0.2, 0.25) is 0 Å². The number of Topliss-reactive ketones (excluding diaryl/α,β-unsaturated/α-hetero) is 1. The quantitative estimate of drug-likeness (QED) is 0.727. The summed E-state index contributed by atoms with van der Waals surface area (Å²) in [4.78, 5) is 15.5. The van der Waals surface area contributed by atoms with Gasteiger partial charge in [-0.15, -0.1) is 0 Å². The molecule has 14 heavy (non-hydrogen) atoms. The van der Waals surface area contributed by atoms with Crippen molar-refractivity contribution in [1.82, 2.24) is 4.98 Å². The minimum atomic E-state index is 0.395. The average molecular weight is 189 g/mol. The van der Waals surface area contributed by atoms with Gasteiger partial charge in [-0.25, -0.2) is 0 Å². The van der Waals surface area contributed by atoms with E-state index in [9.17, 15) is 4.79 Å². The van der Waals surface area contributed by atoms with Gasteiger partial charge in [0.05, 0.1) is 0 Å². The van der Waals surface area contributed by atoms with Gasteiger partial charge in [-0.2, -0.15) is 0 Å². The van der Waals surface area contributed by atoms with Gasteiger partial charge in [-0.3, -0.25) is 9.78 Å². The minimum Gasteiger partial charge on any atom is -0.299 e. The molecule has 2 nitrogen and oxygen atoms in total. The van der Waals surface area contributed by atoms with E-state index in [0.717, 1.165) is 19.3 Å². The molecule has 1 aliphatic rings. The molecule has 0 radical (unpaired) electrons. The number of ketones is 1. The van der Waals surface area contributed by atoms with Gasteiger partial charge in [-0.1, -0.05) is 0 Å². The van der Waals surface area contributed by atoms with E-state index in [4.69, 9.17) is 0 Å². The predicted octanol–water partition coefficient (Wildman–Crippen LogP) is 2.30. The maximum atomic E-state index is 11.5. The molecular formula is C12H15NO. The van der Waals surface area contributed by atoms with Crippen molar-refractivity contribution in [2.75, 3.05) is 0 Å². The molecule has 0 aromatic carbocycles. The molecule has 0 saturated heterocycles. The summed E-state index contributed by atoms with van der Waals surface area (Å²) in [7, 11) is 0. The zero-order valence-corrected chi connectivity index (χ0v) is 8.49. The first kappa shape index (κ1) is 9.38. The highest BCUT2D eigenvalue weighted by atomic mass is 16.1. The molecule has 1 aromatic rings. The van der Waals surface area contributed by atoms with Crippen molar-refractivity contribution in [1.29, 1.82) is 0 Å². The van der Waals surface area contributed by atoms with Crippen LogP contribution in [0.15, 0.2) is 18.5 Å². The molecule has 1 aromatic heterocycles. The predicted molar refractivity (Wildman–Crippen MR) is 55.0 cm³/mol. The third-order valence-corrected chi connectivity index (χ3v) is 2.82. The summed E-state index contributed by atoms with van der Waals surface area (Å²) >= 11 is 0. The van der Waals surface area contributed by atoms with E-state index in [-0.39, 0.29) is 0 Å². The summed E-state index contributed by atoms with van der Waals surface area (Å²) in [6.45, 7) is 2.07. The molecule has 74 valence electrons. The molecule has 1 fully saturated rings. The van der Waals surface area contributed by atoms with Gasteiger partial charge in [-0.05, 0) is 43.4 Å². The van der Waals surface area contributed by atoms with Crippen molar-refractivity contribution >= 4 is 5.78 Å². The topological polar surface area (TPSA) is 30.0 Å². The Morgan fingerprint density at radius 2 is 2.36 bits per heavy atom. The second-order valence-electron chi connectivity index (χ2n) is 4.04. The molecule has 0 N–H and O–H groups in total. The molecule has 0 aliphatic heterocycles. The Morgan fingerprint density at radius 3 is 3.00 bits per heavy atom. The molecule has 1 heterocycles. The number of hydrogen-bond acceptors (Lipinski definition) is 2. The van der Waals surface area contributed by atoms with Crippen LogP contribution in [0.3, 0.4) is 0 Å². The highest BCUT2D eigenvalue weighted by Gasteiger charge is 2.28. The van der Waals surface area contributed by atoms with Crippen LogP contribution in [0.25, 0.3) is 0 Å². The molecule has 1 saturated carbocycles. The fourth-order valence-electron chi connectivity index (χ4n) is 1.63. The molecule has 0 atom stereocenters. The van der Waals surface area contributed by atoms with Crippen LogP contribution in [0.5, 0.6) is 0 Å². The highest BCUT2D eigenvalue weighted by molar-refractivity contribution is 5.83. The van der Waals surface area contributed by atoms with Gasteiger partial charge >= 0.3 is 0 Å². The Bertz CT molecular complexity index is 342. The van der Waals surface area contributed by atoms with Crippen LogP contribution in [-0.4, -0.2) is 10.8 Å². The summed E-state index contributed by atoms with van der Waals surface area (Å²) in [6, 6.07) is 2.00. The van der Waals surface area contributed by atoms with Crippen molar-refractivity contribution in [3.63, 3.8) is 0 Å². The largest absolute Gasteiger partial charge is 0.299 e. The van der Waals surface area contributed by atoms with E-state index in [0.29, 0.717) is 18.1 Å². The zero-order chi connectivity index (χ0) is 9.97. The van der Waals surface area contributed by atoms with Crippen LogP contribution in [-0.2, 0) is 11.2 Å². The monoisotopic (exact) mass is 189 g/mol. The second kappa shape index (κ2) is 3.91. The third kappa shape index (κ3) is 2.19. The fourth-order valence-corrected chi connectivity index (χ4v) is 1.63. The molecule has 2 rings (SSSR count). The van der Waals surface area contributed by atoms with Crippen molar-refractivity contribution < 1.29 is 4.79 Å². The molecule has 2 heteroatoms. The van der Waals surface area contributed by atoms with Crippen molar-refractivity contribution in [2.24, 2.45) is 5.92 Å². The number of nitrogens with zero attached hydrogens (tertiary/aromatic N) is 1. The lowest BCUT2D eigenvalue weighted by Gasteiger charge is -2.03. The van der Waals surface area contributed by atoms with Crippen LogP contribution < -0.4 is 0 Å². The Kier molecular flexibility index (Phi) is 2.62. The number of aryl methyl sites for hydroxylation is 2. The molecule has 0 bridgehead atoms. The summed E-state index contributed by atoms with van der Waals surface area (Å²) < 4.78 is 0. The van der Waals surface area contributed by atoms with Crippen molar-refractivity contribution in [2.45, 2.75) is 32.6 Å². The maximum absolute atomic E-state index is 11.5. The number of aromatic nitrogens is 1. The van der Waals surface area contributed by atoms with Gasteiger partial charge in [0, 0.05) is 24.7 Å². The number of rotatable bonds is 4. The van der Waals surface area contributed by atoms with Gasteiger partial charge in [0.1, 0.15) is 5.78 Å². The smallest absolute Gasteiger partial charge is 0.136 e. The summed E-state index contributed by atoms with van der Waals surface area (Å²) in [6.07, 6.45) is 7.44. The van der Waals surface area contributed by atoms with Gasteiger partial charge in [0.25, 0.3) is 0 Å². The Morgan fingerprint density at radius 1 is 1.57 bits per heavy atom. The summed E-state index contributed by atoms with van der Waals surface area (Å²) in [5, 5.41) is 0. The van der Waals surface area contributed by atoms with Crippen molar-refractivity contribution in [3.05, 3.63) is 29.6 Å². The molecule has 0 spiro atoms. The first-order valence-corrected chi connectivity index (χ1v) is 5.19. The number of carbonyl (C=O) groups is 1. The van der Waals surface area contributed by atoms with E-state index in [1.54, 1.807) is 6.20 Å². The molecule has 1 aliphatic carbocycles. The number of carbonyl (C=O) groups excluding carboxylic acids is 1. The summed E-state index contributed by atoms with van der Waals surface area (Å²) in [5.74, 6) is 0.834. The van der Waals surface area contributed by atoms with Crippen LogP contribution in [0.2, 0.25) is 0 Å². The normalized spacial score (nSPS) is 15.5. The standard InChI is InChI=1S/C12H15NO/c1-9-6-7-13-8-11(9)4-5-12(14)10-2-3-10/h6-8,10H,2-5H2,1H3.